The third-order valence-electron chi connectivity index (χ3n) is 2.09. The van der Waals surface area contributed by atoms with E-state index in [4.69, 9.17) is 4.74 Å². The van der Waals surface area contributed by atoms with Crippen molar-refractivity contribution in [2.24, 2.45) is 0 Å². The van der Waals surface area contributed by atoms with Crippen molar-refractivity contribution < 1.29 is 4.74 Å². The van der Waals surface area contributed by atoms with E-state index in [1.165, 1.54) is 17.7 Å². The number of hydrogen-bond acceptors (Lipinski definition) is 3. The first kappa shape index (κ1) is 11.7. The zero-order valence-electron chi connectivity index (χ0n) is 8.95. The molecule has 0 saturated carbocycles. The summed E-state index contributed by atoms with van der Waals surface area (Å²) in [5, 5.41) is 5.56. The van der Waals surface area contributed by atoms with E-state index in [2.05, 4.69) is 29.8 Å². The van der Waals surface area contributed by atoms with Crippen LogP contribution in [0.4, 0.5) is 0 Å². The van der Waals surface area contributed by atoms with Crippen molar-refractivity contribution >= 4 is 11.3 Å². The van der Waals surface area contributed by atoms with Crippen molar-refractivity contribution in [1.29, 1.82) is 0 Å². The SMILES string of the molecule is COCC(C)NCCCc1cccs1. The number of nitrogens with one attached hydrogen (secondary N) is 1. The standard InChI is InChI=1S/C11H19NOS/c1-10(9-13-2)12-7-3-5-11-6-4-8-14-11/h4,6,8,10,12H,3,5,7,9H2,1-2H3. The summed E-state index contributed by atoms with van der Waals surface area (Å²) in [6, 6.07) is 4.77. The molecule has 3 heteroatoms. The molecule has 80 valence electrons. The second kappa shape index (κ2) is 6.98. The van der Waals surface area contributed by atoms with Gasteiger partial charge in [0.1, 0.15) is 0 Å². The Morgan fingerprint density at radius 2 is 2.43 bits per heavy atom. The highest BCUT2D eigenvalue weighted by atomic mass is 32.1. The minimum absolute atomic E-state index is 0.461. The van der Waals surface area contributed by atoms with Crippen LogP contribution in [0.1, 0.15) is 18.2 Å². The molecule has 0 fully saturated rings. The summed E-state index contributed by atoms with van der Waals surface area (Å²) in [6.07, 6.45) is 2.39. The highest BCUT2D eigenvalue weighted by molar-refractivity contribution is 7.09. The molecule has 0 aliphatic carbocycles. The van der Waals surface area contributed by atoms with E-state index in [9.17, 15) is 0 Å². The molecule has 1 aromatic heterocycles. The maximum absolute atomic E-state index is 5.05. The van der Waals surface area contributed by atoms with Crippen molar-refractivity contribution in [1.82, 2.24) is 5.32 Å². The Kier molecular flexibility index (Phi) is 5.83. The first-order chi connectivity index (χ1) is 6.83. The molecular weight excluding hydrogens is 194 g/mol. The molecule has 1 rings (SSSR count). The maximum Gasteiger partial charge on any atom is 0.0613 e. The summed E-state index contributed by atoms with van der Waals surface area (Å²) < 4.78 is 5.05. The molecule has 0 saturated heterocycles. The number of thiophene rings is 1. The van der Waals surface area contributed by atoms with Crippen LogP contribution < -0.4 is 5.32 Å². The molecule has 1 N–H and O–H groups in total. The lowest BCUT2D eigenvalue weighted by atomic mass is 10.2. The van der Waals surface area contributed by atoms with E-state index in [0.29, 0.717) is 6.04 Å². The van der Waals surface area contributed by atoms with Crippen LogP contribution in [-0.2, 0) is 11.2 Å². The molecule has 0 spiro atoms. The van der Waals surface area contributed by atoms with Gasteiger partial charge in [-0.3, -0.25) is 0 Å². The second-order valence-electron chi connectivity index (χ2n) is 3.49. The van der Waals surface area contributed by atoms with Crippen molar-refractivity contribution in [2.45, 2.75) is 25.8 Å². The topological polar surface area (TPSA) is 21.3 Å². The van der Waals surface area contributed by atoms with Gasteiger partial charge in [-0.2, -0.15) is 0 Å². The van der Waals surface area contributed by atoms with Crippen LogP contribution >= 0.6 is 11.3 Å². The zero-order chi connectivity index (χ0) is 10.2. The van der Waals surface area contributed by atoms with Gasteiger partial charge in [0.2, 0.25) is 0 Å². The number of hydrogen-bond donors (Lipinski definition) is 1. The van der Waals surface area contributed by atoms with Gasteiger partial charge in [0.25, 0.3) is 0 Å². The third-order valence-corrected chi connectivity index (χ3v) is 3.03. The lowest BCUT2D eigenvalue weighted by Gasteiger charge is -2.11. The Hall–Kier alpha value is -0.380. The molecule has 0 amide bonds. The summed E-state index contributed by atoms with van der Waals surface area (Å²) in [4.78, 5) is 1.48. The summed E-state index contributed by atoms with van der Waals surface area (Å²) in [5.74, 6) is 0. The lowest BCUT2D eigenvalue weighted by molar-refractivity contribution is 0.172. The third kappa shape index (κ3) is 4.74. The van der Waals surface area contributed by atoms with Gasteiger partial charge in [0.05, 0.1) is 6.61 Å². The summed E-state index contributed by atoms with van der Waals surface area (Å²) in [5.41, 5.74) is 0. The van der Waals surface area contributed by atoms with E-state index in [1.807, 2.05) is 11.3 Å². The van der Waals surface area contributed by atoms with E-state index >= 15 is 0 Å². The Labute approximate surface area is 90.3 Å². The Morgan fingerprint density at radius 1 is 1.57 bits per heavy atom. The number of methoxy groups -OCH3 is 1. The molecular formula is C11H19NOS. The first-order valence-corrected chi connectivity index (χ1v) is 5.95. The maximum atomic E-state index is 5.05. The zero-order valence-corrected chi connectivity index (χ0v) is 9.77. The van der Waals surface area contributed by atoms with Crippen molar-refractivity contribution in [3.05, 3.63) is 22.4 Å². The Balaban J connectivity index is 1.99. The van der Waals surface area contributed by atoms with E-state index in [0.717, 1.165) is 13.2 Å². The predicted molar refractivity (Wildman–Crippen MR) is 62.0 cm³/mol. The average Bonchev–Trinajstić information content (AvgIpc) is 2.65. The van der Waals surface area contributed by atoms with Crippen LogP contribution in [0.15, 0.2) is 17.5 Å². The molecule has 0 aliphatic heterocycles. The normalized spacial score (nSPS) is 13.0. The molecule has 0 bridgehead atoms. The van der Waals surface area contributed by atoms with Gasteiger partial charge >= 0.3 is 0 Å². The van der Waals surface area contributed by atoms with Crippen LogP contribution in [0.5, 0.6) is 0 Å². The van der Waals surface area contributed by atoms with E-state index in [1.54, 1.807) is 7.11 Å². The van der Waals surface area contributed by atoms with E-state index < -0.39 is 0 Å². The van der Waals surface area contributed by atoms with Crippen LogP contribution in [-0.4, -0.2) is 26.3 Å². The van der Waals surface area contributed by atoms with Crippen molar-refractivity contribution in [3.8, 4) is 0 Å². The summed E-state index contributed by atoms with van der Waals surface area (Å²) >= 11 is 1.84. The van der Waals surface area contributed by atoms with Crippen LogP contribution in [0.25, 0.3) is 0 Å². The quantitative estimate of drug-likeness (QED) is 0.702. The largest absolute Gasteiger partial charge is 0.383 e. The molecule has 1 aromatic rings. The molecule has 1 unspecified atom stereocenters. The lowest BCUT2D eigenvalue weighted by Crippen LogP contribution is -2.31. The fourth-order valence-electron chi connectivity index (χ4n) is 1.37. The Bertz CT molecular complexity index is 223. The molecule has 0 aromatic carbocycles. The Morgan fingerprint density at radius 3 is 3.07 bits per heavy atom. The predicted octanol–water partition coefficient (Wildman–Crippen LogP) is 2.31. The van der Waals surface area contributed by atoms with Gasteiger partial charge in [0, 0.05) is 18.0 Å². The number of aryl methyl sites for hydroxylation is 1. The average molecular weight is 213 g/mol. The van der Waals surface area contributed by atoms with Gasteiger partial charge in [-0.05, 0) is 37.8 Å². The minimum Gasteiger partial charge on any atom is -0.383 e. The molecule has 1 atom stereocenters. The highest BCUT2D eigenvalue weighted by Gasteiger charge is 1.99. The van der Waals surface area contributed by atoms with Gasteiger partial charge < -0.3 is 10.1 Å². The summed E-state index contributed by atoms with van der Waals surface area (Å²) in [7, 11) is 1.74. The molecule has 2 nitrogen and oxygen atoms in total. The fourth-order valence-corrected chi connectivity index (χ4v) is 2.13. The molecule has 0 radical (unpaired) electrons. The van der Waals surface area contributed by atoms with Gasteiger partial charge in [-0.1, -0.05) is 6.07 Å². The molecule has 1 heterocycles. The van der Waals surface area contributed by atoms with Crippen LogP contribution in [0.3, 0.4) is 0 Å². The van der Waals surface area contributed by atoms with Gasteiger partial charge in [-0.25, -0.2) is 0 Å². The minimum atomic E-state index is 0.461. The smallest absolute Gasteiger partial charge is 0.0613 e. The molecule has 14 heavy (non-hydrogen) atoms. The fraction of sp³-hybridized carbons (Fsp3) is 0.636. The van der Waals surface area contributed by atoms with Crippen LogP contribution in [0.2, 0.25) is 0 Å². The highest BCUT2D eigenvalue weighted by Crippen LogP contribution is 2.10. The first-order valence-electron chi connectivity index (χ1n) is 5.07. The van der Waals surface area contributed by atoms with E-state index in [-0.39, 0.29) is 0 Å². The van der Waals surface area contributed by atoms with Crippen LogP contribution in [0, 0.1) is 0 Å². The summed E-state index contributed by atoms with van der Waals surface area (Å²) in [6.45, 7) is 4.01. The van der Waals surface area contributed by atoms with Gasteiger partial charge in [-0.15, -0.1) is 11.3 Å². The number of ether oxygens (including phenoxy) is 1. The van der Waals surface area contributed by atoms with Crippen molar-refractivity contribution in [3.63, 3.8) is 0 Å². The number of rotatable bonds is 7. The monoisotopic (exact) mass is 213 g/mol. The molecule has 0 aliphatic rings. The second-order valence-corrected chi connectivity index (χ2v) is 4.53. The van der Waals surface area contributed by atoms with Crippen molar-refractivity contribution in [2.75, 3.05) is 20.3 Å². The van der Waals surface area contributed by atoms with Gasteiger partial charge in [0.15, 0.2) is 0 Å².